The molecular formula is C26H24N4O9S3. The number of fused-ring (bicyclic) bond motifs is 1. The molecule has 4 rings (SSSR count). The van der Waals surface area contributed by atoms with Crippen LogP contribution in [0.4, 0.5) is 11.4 Å². The standard InChI is InChI=1S/C26H24N4O9S3/c1-13-4-9-19-23(24(13)42(37,38)39)40-26(28-19)16-5-7-18(8-6-16)29-30-22(15(3)32)25(33)27-20-10-14(2)21(41(34,35)36)11-17(20)12-31/h4-11,31-32H,12H2,1-3H3,(H,27,33)(H,34,35,36)(H,37,38,39)/b22-15+,30-29?. The molecule has 0 fully saturated rings. The fourth-order valence-corrected chi connectivity index (χ4v) is 7.08. The van der Waals surface area contributed by atoms with Gasteiger partial charge in [-0.05, 0) is 74.4 Å². The highest BCUT2D eigenvalue weighted by molar-refractivity contribution is 7.86. The summed E-state index contributed by atoms with van der Waals surface area (Å²) in [6.07, 6.45) is 0. The maximum atomic E-state index is 12.9. The minimum Gasteiger partial charge on any atom is -0.510 e. The van der Waals surface area contributed by atoms with E-state index in [1.807, 2.05) is 0 Å². The summed E-state index contributed by atoms with van der Waals surface area (Å²) in [6.45, 7) is 3.52. The third kappa shape index (κ3) is 6.53. The first-order valence-electron chi connectivity index (χ1n) is 11.9. The number of carbonyl (C=O) groups is 1. The van der Waals surface area contributed by atoms with Gasteiger partial charge in [-0.1, -0.05) is 6.07 Å². The lowest BCUT2D eigenvalue weighted by Crippen LogP contribution is -2.16. The second-order valence-corrected chi connectivity index (χ2v) is 12.8. The second-order valence-electron chi connectivity index (χ2n) is 9.10. The minimum absolute atomic E-state index is 0.00207. The number of anilines is 1. The van der Waals surface area contributed by atoms with E-state index in [1.165, 1.54) is 19.9 Å². The number of allylic oxidation sites excluding steroid dienone is 1. The smallest absolute Gasteiger partial charge is 0.296 e. The lowest BCUT2D eigenvalue weighted by molar-refractivity contribution is -0.113. The van der Waals surface area contributed by atoms with Gasteiger partial charge in [0, 0.05) is 16.8 Å². The van der Waals surface area contributed by atoms with Crippen molar-refractivity contribution in [2.45, 2.75) is 37.2 Å². The first-order valence-corrected chi connectivity index (χ1v) is 15.6. The van der Waals surface area contributed by atoms with Gasteiger partial charge >= 0.3 is 0 Å². The van der Waals surface area contributed by atoms with Gasteiger partial charge in [-0.15, -0.1) is 16.5 Å². The van der Waals surface area contributed by atoms with Crippen molar-refractivity contribution in [2.75, 3.05) is 5.32 Å². The zero-order valence-electron chi connectivity index (χ0n) is 22.2. The summed E-state index contributed by atoms with van der Waals surface area (Å²) < 4.78 is 66.3. The molecule has 0 saturated heterocycles. The molecule has 1 heterocycles. The third-order valence-electron chi connectivity index (χ3n) is 6.00. The molecule has 1 aromatic heterocycles. The van der Waals surface area contributed by atoms with Crippen LogP contribution in [0.3, 0.4) is 0 Å². The molecule has 0 aliphatic carbocycles. The van der Waals surface area contributed by atoms with E-state index in [-0.39, 0.29) is 21.7 Å². The van der Waals surface area contributed by atoms with Crippen molar-refractivity contribution in [3.05, 3.63) is 76.7 Å². The second kappa shape index (κ2) is 11.7. The van der Waals surface area contributed by atoms with E-state index in [2.05, 4.69) is 20.5 Å². The van der Waals surface area contributed by atoms with E-state index in [0.717, 1.165) is 17.4 Å². The molecule has 4 aromatic rings. The van der Waals surface area contributed by atoms with Crippen molar-refractivity contribution in [2.24, 2.45) is 10.2 Å². The van der Waals surface area contributed by atoms with Crippen molar-refractivity contribution >= 4 is 59.1 Å². The highest BCUT2D eigenvalue weighted by Crippen LogP contribution is 2.36. The quantitative estimate of drug-likeness (QED) is 0.0751. The Kier molecular flexibility index (Phi) is 8.58. The SMILES string of the molecule is C/C(O)=C(\N=Nc1ccc(-c2nc3ccc(C)c(S(=O)(=O)O)c3s2)cc1)C(=O)Nc1cc(C)c(S(=O)(=O)O)cc1CO. The van der Waals surface area contributed by atoms with Crippen LogP contribution in [0.15, 0.2) is 80.0 Å². The zero-order chi connectivity index (χ0) is 31.0. The molecule has 0 radical (unpaired) electrons. The first kappa shape index (κ1) is 30.9. The first-order chi connectivity index (χ1) is 19.6. The van der Waals surface area contributed by atoms with Crippen molar-refractivity contribution in [1.82, 2.24) is 4.98 Å². The van der Waals surface area contributed by atoms with Gasteiger partial charge in [0.25, 0.3) is 26.1 Å². The molecule has 5 N–H and O–H groups in total. The number of aliphatic hydroxyl groups is 2. The minimum atomic E-state index is -4.56. The molecule has 220 valence electrons. The van der Waals surface area contributed by atoms with Crippen LogP contribution < -0.4 is 5.32 Å². The number of nitrogens with zero attached hydrogens (tertiary/aromatic N) is 3. The summed E-state index contributed by atoms with van der Waals surface area (Å²) in [5, 5.41) is 30.5. The summed E-state index contributed by atoms with van der Waals surface area (Å²) in [4.78, 5) is 16.7. The highest BCUT2D eigenvalue weighted by Gasteiger charge is 2.22. The summed E-state index contributed by atoms with van der Waals surface area (Å²) in [5.41, 5.74) is 1.40. The maximum Gasteiger partial charge on any atom is 0.296 e. The van der Waals surface area contributed by atoms with E-state index in [1.54, 1.807) is 43.3 Å². The molecule has 0 unspecified atom stereocenters. The monoisotopic (exact) mass is 632 g/mol. The molecular weight excluding hydrogens is 609 g/mol. The van der Waals surface area contributed by atoms with Crippen LogP contribution in [-0.4, -0.2) is 47.0 Å². The van der Waals surface area contributed by atoms with Gasteiger partial charge in [0.1, 0.15) is 15.7 Å². The van der Waals surface area contributed by atoms with E-state index in [9.17, 15) is 40.9 Å². The number of hydrogen-bond acceptors (Lipinski definition) is 11. The molecule has 0 spiro atoms. The van der Waals surface area contributed by atoms with Gasteiger partial charge in [-0.25, -0.2) is 4.98 Å². The molecule has 0 aliphatic heterocycles. The fraction of sp³-hybridized carbons (Fsp3) is 0.154. The van der Waals surface area contributed by atoms with E-state index in [0.29, 0.717) is 32.0 Å². The molecule has 0 saturated carbocycles. The van der Waals surface area contributed by atoms with Crippen molar-refractivity contribution in [3.63, 3.8) is 0 Å². The van der Waals surface area contributed by atoms with Crippen molar-refractivity contribution in [1.29, 1.82) is 0 Å². The maximum absolute atomic E-state index is 12.9. The van der Waals surface area contributed by atoms with Gasteiger partial charge < -0.3 is 15.5 Å². The van der Waals surface area contributed by atoms with Gasteiger partial charge in [-0.2, -0.15) is 21.9 Å². The Balaban J connectivity index is 1.58. The number of aromatic nitrogens is 1. The number of thiazole rings is 1. The highest BCUT2D eigenvalue weighted by atomic mass is 32.2. The van der Waals surface area contributed by atoms with Crippen LogP contribution in [0.5, 0.6) is 0 Å². The van der Waals surface area contributed by atoms with Gasteiger partial charge in [0.2, 0.25) is 0 Å². The van der Waals surface area contributed by atoms with Crippen LogP contribution in [-0.2, 0) is 31.6 Å². The number of aliphatic hydroxyl groups excluding tert-OH is 2. The average Bonchev–Trinajstić information content (AvgIpc) is 3.31. The molecule has 0 aliphatic rings. The van der Waals surface area contributed by atoms with Crippen molar-refractivity contribution in [3.8, 4) is 10.6 Å². The Morgan fingerprint density at radius 3 is 2.21 bits per heavy atom. The number of azo groups is 1. The summed E-state index contributed by atoms with van der Waals surface area (Å²) in [7, 11) is -9.02. The van der Waals surface area contributed by atoms with Crippen LogP contribution in [0.1, 0.15) is 23.6 Å². The largest absolute Gasteiger partial charge is 0.510 e. The predicted molar refractivity (Wildman–Crippen MR) is 155 cm³/mol. The molecule has 0 atom stereocenters. The van der Waals surface area contributed by atoms with E-state index < -0.39 is 49.1 Å². The van der Waals surface area contributed by atoms with E-state index in [4.69, 9.17) is 0 Å². The lowest BCUT2D eigenvalue weighted by atomic mass is 10.1. The number of hydrogen-bond donors (Lipinski definition) is 5. The Labute approximate surface area is 244 Å². The molecule has 3 aromatic carbocycles. The van der Waals surface area contributed by atoms with E-state index >= 15 is 0 Å². The number of amides is 1. The van der Waals surface area contributed by atoms with Crippen LogP contribution >= 0.6 is 11.3 Å². The molecule has 16 heteroatoms. The average molecular weight is 633 g/mol. The molecule has 0 bridgehead atoms. The number of rotatable bonds is 8. The Morgan fingerprint density at radius 2 is 1.64 bits per heavy atom. The Hall–Kier alpha value is -4.06. The number of benzene rings is 3. The van der Waals surface area contributed by atoms with Gasteiger partial charge in [0.05, 0.1) is 27.4 Å². The normalized spacial score (nSPS) is 13.0. The van der Waals surface area contributed by atoms with Gasteiger partial charge in [0.15, 0.2) is 5.70 Å². The third-order valence-corrected chi connectivity index (χ3v) is 9.31. The topological polar surface area (TPSA) is 216 Å². The molecule has 13 nitrogen and oxygen atoms in total. The molecule has 42 heavy (non-hydrogen) atoms. The van der Waals surface area contributed by atoms with Crippen LogP contribution in [0, 0.1) is 13.8 Å². The lowest BCUT2D eigenvalue weighted by Gasteiger charge is -2.13. The van der Waals surface area contributed by atoms with Gasteiger partial charge in [-0.3, -0.25) is 13.9 Å². The summed E-state index contributed by atoms with van der Waals surface area (Å²) in [6, 6.07) is 11.9. The Morgan fingerprint density at radius 1 is 0.976 bits per heavy atom. The summed E-state index contributed by atoms with van der Waals surface area (Å²) in [5.74, 6) is -1.37. The number of aryl methyl sites for hydroxylation is 2. The molecule has 1 amide bonds. The predicted octanol–water partition coefficient (Wildman–Crippen LogP) is 5.08. The number of carbonyl (C=O) groups excluding carboxylic acids is 1. The Bertz CT molecular complexity index is 1990. The van der Waals surface area contributed by atoms with Crippen LogP contribution in [0.25, 0.3) is 20.8 Å². The number of nitrogens with one attached hydrogen (secondary N) is 1. The fourth-order valence-electron chi connectivity index (χ4n) is 4.01. The summed E-state index contributed by atoms with van der Waals surface area (Å²) >= 11 is 1.09. The zero-order valence-corrected chi connectivity index (χ0v) is 24.7. The van der Waals surface area contributed by atoms with Crippen LogP contribution in [0.2, 0.25) is 0 Å². The van der Waals surface area contributed by atoms with Crippen molar-refractivity contribution < 1.29 is 40.9 Å².